The van der Waals surface area contributed by atoms with Gasteiger partial charge < -0.3 is 35.2 Å². The monoisotopic (exact) mass is 930 g/mol. The number of aliphatic hydroxyl groups is 4. The third-order valence-corrected chi connectivity index (χ3v) is 12.6. The molecular formula is C51H95NO11S. The predicted octanol–water partition coefficient (Wildman–Crippen LogP) is 11.1. The maximum Gasteiger partial charge on any atom is 0.397 e. The summed E-state index contributed by atoms with van der Waals surface area (Å²) in [5.41, 5.74) is 0. The van der Waals surface area contributed by atoms with Crippen molar-refractivity contribution in [3.8, 4) is 0 Å². The molecule has 0 aromatic carbocycles. The van der Waals surface area contributed by atoms with E-state index in [0.717, 1.165) is 57.8 Å². The van der Waals surface area contributed by atoms with E-state index in [-0.39, 0.29) is 18.9 Å². The van der Waals surface area contributed by atoms with Crippen LogP contribution >= 0.6 is 0 Å². The van der Waals surface area contributed by atoms with E-state index in [1.807, 2.05) is 6.08 Å². The molecule has 6 N–H and O–H groups in total. The summed E-state index contributed by atoms with van der Waals surface area (Å²) in [5.74, 6) is -0.270. The molecule has 0 radical (unpaired) electrons. The van der Waals surface area contributed by atoms with Gasteiger partial charge in [-0.25, -0.2) is 4.18 Å². The van der Waals surface area contributed by atoms with Crippen LogP contribution in [-0.4, -0.2) is 95.4 Å². The summed E-state index contributed by atoms with van der Waals surface area (Å²) in [6.07, 6.45) is 41.7. The van der Waals surface area contributed by atoms with E-state index in [0.29, 0.717) is 6.42 Å². The van der Waals surface area contributed by atoms with Gasteiger partial charge in [0.2, 0.25) is 5.91 Å². The average molecular weight is 930 g/mol. The molecule has 1 fully saturated rings. The number of carbonyl (C=O) groups excluding carboxylic acids is 1. The molecular weight excluding hydrogens is 835 g/mol. The number of hydrogen-bond acceptors (Lipinski definition) is 10. The largest absolute Gasteiger partial charge is 0.397 e. The topological polar surface area (TPSA) is 192 Å². The molecule has 0 aliphatic carbocycles. The molecule has 7 unspecified atom stereocenters. The highest BCUT2D eigenvalue weighted by molar-refractivity contribution is 7.80. The minimum Gasteiger partial charge on any atom is -0.394 e. The number of amides is 1. The molecule has 12 nitrogen and oxygen atoms in total. The summed E-state index contributed by atoms with van der Waals surface area (Å²) in [4.78, 5) is 13.1. The summed E-state index contributed by atoms with van der Waals surface area (Å²) in [6, 6.07) is -0.948. The zero-order chi connectivity index (χ0) is 46.9. The van der Waals surface area contributed by atoms with E-state index in [4.69, 9.17) is 9.47 Å². The molecule has 1 aliphatic heterocycles. The lowest BCUT2D eigenvalue weighted by molar-refractivity contribution is -0.298. The van der Waals surface area contributed by atoms with Crippen molar-refractivity contribution in [2.24, 2.45) is 0 Å². The smallest absolute Gasteiger partial charge is 0.394 e. The van der Waals surface area contributed by atoms with Crippen LogP contribution in [-0.2, 0) is 28.9 Å². The van der Waals surface area contributed by atoms with Crippen molar-refractivity contribution in [3.63, 3.8) is 0 Å². The lowest BCUT2D eigenvalue weighted by Gasteiger charge is -2.41. The zero-order valence-corrected chi connectivity index (χ0v) is 41.2. The second-order valence-electron chi connectivity index (χ2n) is 18.1. The Balaban J connectivity index is 2.46. The first-order chi connectivity index (χ1) is 31.0. The molecule has 0 saturated carbocycles. The number of carbonyl (C=O) groups is 1. The van der Waals surface area contributed by atoms with Crippen molar-refractivity contribution in [1.82, 2.24) is 5.32 Å². The highest BCUT2D eigenvalue weighted by Crippen LogP contribution is 2.26. The Bertz CT molecular complexity index is 1280. The lowest BCUT2D eigenvalue weighted by Crippen LogP contribution is -2.61. The number of unbranched alkanes of at least 4 members (excludes halogenated alkanes) is 28. The van der Waals surface area contributed by atoms with Gasteiger partial charge in [-0.3, -0.25) is 9.35 Å². The summed E-state index contributed by atoms with van der Waals surface area (Å²) >= 11 is 0. The summed E-state index contributed by atoms with van der Waals surface area (Å²) < 4.78 is 47.7. The molecule has 1 saturated heterocycles. The average Bonchev–Trinajstić information content (AvgIpc) is 3.27. The predicted molar refractivity (Wildman–Crippen MR) is 259 cm³/mol. The van der Waals surface area contributed by atoms with Crippen molar-refractivity contribution < 1.29 is 51.8 Å². The molecule has 376 valence electrons. The first-order valence-corrected chi connectivity index (χ1v) is 27.2. The number of nitrogens with one attached hydrogen (secondary N) is 1. The molecule has 1 rings (SSSR count). The van der Waals surface area contributed by atoms with Crippen LogP contribution in [0, 0.1) is 0 Å². The fourth-order valence-corrected chi connectivity index (χ4v) is 8.64. The van der Waals surface area contributed by atoms with Gasteiger partial charge in [0.25, 0.3) is 0 Å². The first kappa shape index (κ1) is 60.3. The van der Waals surface area contributed by atoms with E-state index in [1.54, 1.807) is 6.08 Å². The lowest BCUT2D eigenvalue weighted by atomic mass is 9.99. The van der Waals surface area contributed by atoms with Crippen LogP contribution in [0.1, 0.15) is 226 Å². The Labute approximate surface area is 390 Å². The second-order valence-corrected chi connectivity index (χ2v) is 19.2. The molecule has 64 heavy (non-hydrogen) atoms. The normalized spacial score (nSPS) is 20.5. The molecule has 0 bridgehead atoms. The van der Waals surface area contributed by atoms with E-state index < -0.39 is 59.9 Å². The van der Waals surface area contributed by atoms with Crippen molar-refractivity contribution in [2.75, 3.05) is 13.2 Å². The van der Waals surface area contributed by atoms with Crippen LogP contribution in [0.25, 0.3) is 0 Å². The second kappa shape index (κ2) is 41.5. The Morgan fingerprint density at radius 2 is 1.05 bits per heavy atom. The van der Waals surface area contributed by atoms with Crippen LogP contribution < -0.4 is 5.32 Å². The number of ether oxygens (including phenoxy) is 2. The van der Waals surface area contributed by atoms with Crippen molar-refractivity contribution in [2.45, 2.75) is 269 Å². The fourth-order valence-electron chi connectivity index (χ4n) is 8.13. The van der Waals surface area contributed by atoms with E-state index in [2.05, 4.69) is 47.7 Å². The van der Waals surface area contributed by atoms with Gasteiger partial charge in [0.15, 0.2) is 6.29 Å². The third kappa shape index (κ3) is 33.7. The number of rotatable bonds is 44. The van der Waals surface area contributed by atoms with Crippen LogP contribution in [0.15, 0.2) is 36.5 Å². The van der Waals surface area contributed by atoms with Crippen LogP contribution in [0.3, 0.4) is 0 Å². The van der Waals surface area contributed by atoms with Gasteiger partial charge in [-0.15, -0.1) is 0 Å². The Kier molecular flexibility index (Phi) is 39.1. The van der Waals surface area contributed by atoms with Gasteiger partial charge in [0.05, 0.1) is 25.4 Å². The Morgan fingerprint density at radius 1 is 0.625 bits per heavy atom. The molecule has 0 aromatic rings. The maximum absolute atomic E-state index is 13.1. The molecule has 7 atom stereocenters. The van der Waals surface area contributed by atoms with Gasteiger partial charge in [-0.1, -0.05) is 204 Å². The third-order valence-electron chi connectivity index (χ3n) is 12.2. The SMILES string of the molecule is CCCCC/C=C\C/C=C\CCCCCCCCCC(=O)NC(COC1OC(CO)C(O)C(OS(=O)(=O)O)C1O)C(O)/C=C/CCCCCCCCCCCCCCCCCCCC. The summed E-state index contributed by atoms with van der Waals surface area (Å²) in [7, 11) is -5.09. The van der Waals surface area contributed by atoms with Crippen LogP contribution in [0.2, 0.25) is 0 Å². The van der Waals surface area contributed by atoms with Gasteiger partial charge in [-0.05, 0) is 51.4 Å². The fraction of sp³-hybridized carbons (Fsp3) is 0.863. The number of allylic oxidation sites excluding steroid dienone is 5. The summed E-state index contributed by atoms with van der Waals surface area (Å²) in [5, 5.41) is 44.8. The minimum absolute atomic E-state index is 0.260. The van der Waals surface area contributed by atoms with E-state index >= 15 is 0 Å². The molecule has 1 aliphatic rings. The van der Waals surface area contributed by atoms with Crippen molar-refractivity contribution in [1.29, 1.82) is 0 Å². The van der Waals surface area contributed by atoms with E-state index in [1.165, 1.54) is 141 Å². The van der Waals surface area contributed by atoms with Crippen LogP contribution in [0.5, 0.6) is 0 Å². The van der Waals surface area contributed by atoms with Crippen molar-refractivity contribution in [3.05, 3.63) is 36.5 Å². The zero-order valence-electron chi connectivity index (χ0n) is 40.3. The first-order valence-electron chi connectivity index (χ1n) is 25.9. The highest BCUT2D eigenvalue weighted by atomic mass is 32.3. The van der Waals surface area contributed by atoms with Gasteiger partial charge in [0.1, 0.15) is 24.4 Å². The van der Waals surface area contributed by atoms with E-state index in [9.17, 15) is 38.2 Å². The molecule has 1 amide bonds. The van der Waals surface area contributed by atoms with Crippen LogP contribution in [0.4, 0.5) is 0 Å². The standard InChI is InChI=1S/C51H95NO11S/c1-3-5-7-9-11-13-15-17-19-21-22-23-25-26-28-30-32-34-36-38-40-45(54)44(43-61-51-49(57)50(63-64(58,59)60)48(56)46(42-53)62-51)52-47(55)41-39-37-35-33-31-29-27-24-20-18-16-14-12-10-8-6-4-2/h12,14,18,20,38,40,44-46,48-51,53-54,56-57H,3-11,13,15-17,19,21-37,39,41-43H2,1-2H3,(H,52,55)(H,58,59,60)/b14-12-,20-18-,40-38+. The molecule has 1 heterocycles. The molecule has 13 heteroatoms. The van der Waals surface area contributed by atoms with Gasteiger partial charge in [0, 0.05) is 6.42 Å². The number of aliphatic hydroxyl groups excluding tert-OH is 4. The van der Waals surface area contributed by atoms with Gasteiger partial charge in [-0.2, -0.15) is 8.42 Å². The Hall–Kier alpha value is -1.68. The van der Waals surface area contributed by atoms with Gasteiger partial charge >= 0.3 is 10.4 Å². The number of hydrogen-bond donors (Lipinski definition) is 6. The van der Waals surface area contributed by atoms with Crippen molar-refractivity contribution >= 4 is 16.3 Å². The molecule has 0 spiro atoms. The molecule has 0 aromatic heterocycles. The minimum atomic E-state index is -5.09. The summed E-state index contributed by atoms with van der Waals surface area (Å²) in [6.45, 7) is 3.37. The Morgan fingerprint density at radius 3 is 1.52 bits per heavy atom. The highest BCUT2D eigenvalue weighted by Gasteiger charge is 2.48. The maximum atomic E-state index is 13.1. The quantitative estimate of drug-likeness (QED) is 0.0194.